The van der Waals surface area contributed by atoms with E-state index in [0.717, 1.165) is 69.6 Å². The molecule has 0 bridgehead atoms. The van der Waals surface area contributed by atoms with Gasteiger partial charge in [-0.25, -0.2) is 4.79 Å². The minimum Gasteiger partial charge on any atom is -0.434 e. The number of carbonyl (C=O) groups excluding carboxylic acids is 3. The lowest BCUT2D eigenvalue weighted by Crippen LogP contribution is -2.29. The number of unbranched alkanes of at least 4 members (excludes halogenated alkanes) is 1. The van der Waals surface area contributed by atoms with Gasteiger partial charge in [-0.2, -0.15) is 8.75 Å². The van der Waals surface area contributed by atoms with Crippen molar-refractivity contribution in [2.45, 2.75) is 40.2 Å². The average molecular weight is 571 g/mol. The van der Waals surface area contributed by atoms with Crippen molar-refractivity contribution >= 4 is 57.7 Å². The normalized spacial score (nSPS) is 11.1. The van der Waals surface area contributed by atoms with Gasteiger partial charge in [-0.3, -0.25) is 9.59 Å². The summed E-state index contributed by atoms with van der Waals surface area (Å²) in [5, 5.41) is 0.791. The van der Waals surface area contributed by atoms with Gasteiger partial charge in [0, 0.05) is 30.1 Å². The lowest BCUT2D eigenvalue weighted by atomic mass is 10.0. The Balaban J connectivity index is 1.75. The lowest BCUT2D eigenvalue weighted by molar-refractivity contribution is -0.116. The number of aldehydes is 1. The standard InChI is InChI=1S/C31H30N4O5S/c1-4-6-15-34(20(3)37)24-12-14-28-25(17-24)29(23-10-7-21(19-36)8-11-23)30(40-31(38)39-5-2)35(28)18-22-9-13-26-27(16-22)33-41-32-26/h7-14,16-17,19H,4-6,15,18H2,1-3H3. The van der Waals surface area contributed by atoms with Gasteiger partial charge >= 0.3 is 6.16 Å². The third kappa shape index (κ3) is 5.83. The molecule has 5 aromatic rings. The third-order valence-electron chi connectivity index (χ3n) is 6.86. The maximum Gasteiger partial charge on any atom is 0.515 e. The summed E-state index contributed by atoms with van der Waals surface area (Å²) in [5.41, 5.74) is 6.03. The first-order valence-electron chi connectivity index (χ1n) is 13.5. The van der Waals surface area contributed by atoms with Crippen molar-refractivity contribution < 1.29 is 23.9 Å². The number of fused-ring (bicyclic) bond motifs is 2. The summed E-state index contributed by atoms with van der Waals surface area (Å²) in [5.74, 6) is 0.246. The molecule has 41 heavy (non-hydrogen) atoms. The van der Waals surface area contributed by atoms with Crippen molar-refractivity contribution in [3.05, 3.63) is 71.8 Å². The van der Waals surface area contributed by atoms with E-state index in [1.54, 1.807) is 30.9 Å². The number of ether oxygens (including phenoxy) is 2. The molecule has 10 heteroatoms. The minimum atomic E-state index is -0.824. The molecule has 0 aliphatic carbocycles. The maximum atomic E-state index is 12.7. The molecule has 0 saturated carbocycles. The molecule has 0 unspecified atom stereocenters. The zero-order valence-electron chi connectivity index (χ0n) is 23.1. The Labute approximate surface area is 241 Å². The second kappa shape index (κ2) is 12.3. The zero-order chi connectivity index (χ0) is 28.9. The van der Waals surface area contributed by atoms with Crippen LogP contribution in [0.1, 0.15) is 49.5 Å². The highest BCUT2D eigenvalue weighted by Gasteiger charge is 2.25. The number of hydrogen-bond donors (Lipinski definition) is 0. The van der Waals surface area contributed by atoms with E-state index in [1.165, 1.54) is 0 Å². The van der Waals surface area contributed by atoms with Crippen LogP contribution in [-0.4, -0.2) is 44.8 Å². The van der Waals surface area contributed by atoms with Crippen LogP contribution in [0.4, 0.5) is 10.5 Å². The first-order valence-corrected chi connectivity index (χ1v) is 14.2. The summed E-state index contributed by atoms with van der Waals surface area (Å²) < 4.78 is 21.6. The molecule has 9 nitrogen and oxygen atoms in total. The summed E-state index contributed by atoms with van der Waals surface area (Å²) >= 11 is 1.15. The maximum absolute atomic E-state index is 12.7. The molecular weight excluding hydrogens is 540 g/mol. The van der Waals surface area contributed by atoms with E-state index < -0.39 is 6.16 Å². The van der Waals surface area contributed by atoms with Crippen LogP contribution in [0.3, 0.4) is 0 Å². The fourth-order valence-electron chi connectivity index (χ4n) is 4.88. The SMILES string of the molecule is CCCCN(C(C)=O)c1ccc2c(c1)c(-c1ccc(C=O)cc1)c(OC(=O)OCC)n2Cc1ccc2nsnc2c1. The topological polar surface area (TPSA) is 104 Å². The van der Waals surface area contributed by atoms with Crippen LogP contribution in [0.5, 0.6) is 5.88 Å². The highest BCUT2D eigenvalue weighted by molar-refractivity contribution is 7.00. The molecule has 2 heterocycles. The Hall–Kier alpha value is -4.57. The van der Waals surface area contributed by atoms with Gasteiger partial charge in [0.1, 0.15) is 17.3 Å². The van der Waals surface area contributed by atoms with E-state index in [2.05, 4.69) is 15.7 Å². The van der Waals surface area contributed by atoms with Crippen LogP contribution in [0.25, 0.3) is 33.1 Å². The first-order chi connectivity index (χ1) is 19.9. The van der Waals surface area contributed by atoms with Crippen LogP contribution in [0.15, 0.2) is 60.7 Å². The number of hydrogen-bond acceptors (Lipinski definition) is 8. The first kappa shape index (κ1) is 28.0. The molecule has 0 N–H and O–H groups in total. The summed E-state index contributed by atoms with van der Waals surface area (Å²) in [7, 11) is 0. The van der Waals surface area contributed by atoms with E-state index in [0.29, 0.717) is 30.1 Å². The van der Waals surface area contributed by atoms with Crippen molar-refractivity contribution in [3.63, 3.8) is 0 Å². The van der Waals surface area contributed by atoms with Crippen molar-refractivity contribution in [2.24, 2.45) is 0 Å². The number of anilines is 1. The average Bonchev–Trinajstić information content (AvgIpc) is 3.55. The third-order valence-corrected chi connectivity index (χ3v) is 7.42. The molecule has 2 aromatic heterocycles. The summed E-state index contributed by atoms with van der Waals surface area (Å²) in [6, 6.07) is 18.7. The number of aromatic nitrogens is 3. The van der Waals surface area contributed by atoms with Gasteiger partial charge in [0.2, 0.25) is 11.8 Å². The molecule has 210 valence electrons. The van der Waals surface area contributed by atoms with Crippen LogP contribution in [0.2, 0.25) is 0 Å². The van der Waals surface area contributed by atoms with Gasteiger partial charge < -0.3 is 18.9 Å². The van der Waals surface area contributed by atoms with Gasteiger partial charge in [-0.15, -0.1) is 0 Å². The van der Waals surface area contributed by atoms with Crippen LogP contribution < -0.4 is 9.64 Å². The predicted molar refractivity (Wildman–Crippen MR) is 160 cm³/mol. The molecular formula is C31H30N4O5S. The highest BCUT2D eigenvalue weighted by Crippen LogP contribution is 2.42. The van der Waals surface area contributed by atoms with Gasteiger partial charge in [-0.05, 0) is 54.8 Å². The van der Waals surface area contributed by atoms with Crippen molar-refractivity contribution in [3.8, 4) is 17.0 Å². The van der Waals surface area contributed by atoms with E-state index in [9.17, 15) is 14.4 Å². The summed E-state index contributed by atoms with van der Waals surface area (Å²) in [6.45, 7) is 6.48. The number of carbonyl (C=O) groups is 3. The second-order valence-electron chi connectivity index (χ2n) is 9.60. The molecule has 0 spiro atoms. The van der Waals surface area contributed by atoms with Gasteiger partial charge in [0.05, 0.1) is 36.0 Å². The molecule has 0 fully saturated rings. The number of rotatable bonds is 10. The molecule has 0 aliphatic heterocycles. The largest absolute Gasteiger partial charge is 0.515 e. The predicted octanol–water partition coefficient (Wildman–Crippen LogP) is 6.86. The number of amides is 1. The van der Waals surface area contributed by atoms with Crippen molar-refractivity contribution in [2.75, 3.05) is 18.1 Å². The van der Waals surface area contributed by atoms with Gasteiger partial charge in [0.15, 0.2) is 0 Å². The van der Waals surface area contributed by atoms with Gasteiger partial charge in [0.25, 0.3) is 0 Å². The molecule has 0 radical (unpaired) electrons. The molecule has 0 atom stereocenters. The Morgan fingerprint density at radius 1 is 1.00 bits per heavy atom. The molecule has 3 aromatic carbocycles. The van der Waals surface area contributed by atoms with Crippen molar-refractivity contribution in [1.82, 2.24) is 13.3 Å². The smallest absolute Gasteiger partial charge is 0.434 e. The Bertz CT molecular complexity index is 1720. The Morgan fingerprint density at radius 3 is 2.49 bits per heavy atom. The second-order valence-corrected chi connectivity index (χ2v) is 10.1. The lowest BCUT2D eigenvalue weighted by Gasteiger charge is -2.21. The Kier molecular flexibility index (Phi) is 8.39. The minimum absolute atomic E-state index is 0.0534. The monoisotopic (exact) mass is 570 g/mol. The van der Waals surface area contributed by atoms with Gasteiger partial charge in [-0.1, -0.05) is 43.7 Å². The quantitative estimate of drug-likeness (QED) is 0.133. The van der Waals surface area contributed by atoms with E-state index in [4.69, 9.17) is 9.47 Å². The highest BCUT2D eigenvalue weighted by atomic mass is 32.1. The molecule has 5 rings (SSSR count). The summed E-state index contributed by atoms with van der Waals surface area (Å²) in [6.07, 6.45) is 1.77. The molecule has 0 aliphatic rings. The van der Waals surface area contributed by atoms with Crippen LogP contribution in [-0.2, 0) is 16.1 Å². The van der Waals surface area contributed by atoms with E-state index in [1.807, 2.05) is 53.1 Å². The van der Waals surface area contributed by atoms with E-state index >= 15 is 0 Å². The fourth-order valence-corrected chi connectivity index (χ4v) is 5.39. The fraction of sp³-hybridized carbons (Fsp3) is 0.258. The molecule has 1 amide bonds. The van der Waals surface area contributed by atoms with E-state index in [-0.39, 0.29) is 12.5 Å². The molecule has 0 saturated heterocycles. The van der Waals surface area contributed by atoms with Crippen molar-refractivity contribution in [1.29, 1.82) is 0 Å². The summed E-state index contributed by atoms with van der Waals surface area (Å²) in [4.78, 5) is 38.5. The number of nitrogens with zero attached hydrogens (tertiary/aromatic N) is 4. The van der Waals surface area contributed by atoms with Crippen LogP contribution >= 0.6 is 11.7 Å². The van der Waals surface area contributed by atoms with Crippen LogP contribution in [0, 0.1) is 0 Å². The Morgan fingerprint density at radius 2 is 1.78 bits per heavy atom. The number of benzene rings is 3. The zero-order valence-corrected chi connectivity index (χ0v) is 23.9.